The molecule has 1 aromatic carbocycles. The van der Waals surface area contributed by atoms with Crippen LogP contribution in [-0.2, 0) is 5.41 Å². The second-order valence-electron chi connectivity index (χ2n) is 6.62. The molecule has 1 nitrogen and oxygen atoms in total. The normalized spacial score (nSPS) is 23.6. The molecule has 0 aliphatic heterocycles. The summed E-state index contributed by atoms with van der Waals surface area (Å²) < 4.78 is 26.8. The van der Waals surface area contributed by atoms with Crippen LogP contribution in [-0.4, -0.2) is 0 Å². The van der Waals surface area contributed by atoms with Gasteiger partial charge >= 0.3 is 0 Å². The molecule has 3 heteroatoms. The Hall–Kier alpha value is -1.43. The van der Waals surface area contributed by atoms with Gasteiger partial charge in [0.2, 0.25) is 0 Å². The summed E-state index contributed by atoms with van der Waals surface area (Å²) in [6, 6.07) is 5.87. The van der Waals surface area contributed by atoms with Crippen LogP contribution in [0.5, 0.6) is 0 Å². The number of nitriles is 1. The molecule has 20 heavy (non-hydrogen) atoms. The molecular weight excluding hydrogens is 256 g/mol. The average molecular weight is 275 g/mol. The van der Waals surface area contributed by atoms with Crippen molar-refractivity contribution < 1.29 is 8.78 Å². The van der Waals surface area contributed by atoms with Crippen LogP contribution in [0.3, 0.4) is 0 Å². The first-order chi connectivity index (χ1) is 9.57. The van der Waals surface area contributed by atoms with Crippen molar-refractivity contribution in [3.8, 4) is 6.07 Å². The van der Waals surface area contributed by atoms with E-state index in [0.717, 1.165) is 31.7 Å². The van der Waals surface area contributed by atoms with Gasteiger partial charge in [-0.15, -0.1) is 0 Å². The van der Waals surface area contributed by atoms with E-state index in [1.165, 1.54) is 37.8 Å². The van der Waals surface area contributed by atoms with Crippen molar-refractivity contribution in [2.24, 2.45) is 5.41 Å². The first-order valence-electron chi connectivity index (χ1n) is 7.45. The van der Waals surface area contributed by atoms with E-state index in [9.17, 15) is 14.0 Å². The van der Waals surface area contributed by atoms with Crippen molar-refractivity contribution in [3.63, 3.8) is 0 Å². The quantitative estimate of drug-likeness (QED) is 0.718. The summed E-state index contributed by atoms with van der Waals surface area (Å²) in [5.41, 5.74) is 0.0924. The summed E-state index contributed by atoms with van der Waals surface area (Å²) in [7, 11) is 0. The second-order valence-corrected chi connectivity index (χ2v) is 6.62. The number of hydrogen-bond acceptors (Lipinski definition) is 1. The number of nitrogens with zero attached hydrogens (tertiary/aromatic N) is 1. The van der Waals surface area contributed by atoms with Crippen molar-refractivity contribution >= 4 is 0 Å². The summed E-state index contributed by atoms with van der Waals surface area (Å²) in [6.45, 7) is 0. The van der Waals surface area contributed by atoms with Crippen LogP contribution in [0, 0.1) is 28.4 Å². The van der Waals surface area contributed by atoms with Crippen LogP contribution in [0.2, 0.25) is 0 Å². The van der Waals surface area contributed by atoms with Crippen LogP contribution in [0.15, 0.2) is 18.2 Å². The summed E-state index contributed by atoms with van der Waals surface area (Å²) in [6.07, 6.45) is 8.84. The second kappa shape index (κ2) is 4.84. The maximum Gasteiger partial charge on any atom is 0.126 e. The van der Waals surface area contributed by atoms with Crippen LogP contribution >= 0.6 is 0 Å². The fourth-order valence-electron chi connectivity index (χ4n) is 4.24. The highest BCUT2D eigenvalue weighted by molar-refractivity contribution is 5.38. The molecular formula is C17H19F2N. The molecule has 0 saturated heterocycles. The highest BCUT2D eigenvalue weighted by Gasteiger charge is 2.55. The topological polar surface area (TPSA) is 23.8 Å². The zero-order chi connectivity index (χ0) is 14.2. The molecule has 106 valence electrons. The first kappa shape index (κ1) is 13.5. The van der Waals surface area contributed by atoms with E-state index in [0.29, 0.717) is 5.56 Å². The van der Waals surface area contributed by atoms with Gasteiger partial charge in [0.15, 0.2) is 0 Å². The summed E-state index contributed by atoms with van der Waals surface area (Å²) in [4.78, 5) is 0. The van der Waals surface area contributed by atoms with Gasteiger partial charge in [-0.05, 0) is 48.8 Å². The molecule has 0 amide bonds. The van der Waals surface area contributed by atoms with Gasteiger partial charge < -0.3 is 0 Å². The van der Waals surface area contributed by atoms with Gasteiger partial charge in [-0.2, -0.15) is 5.26 Å². The lowest BCUT2D eigenvalue weighted by Gasteiger charge is -2.53. The number of hydrogen-bond donors (Lipinski definition) is 0. The van der Waals surface area contributed by atoms with Crippen molar-refractivity contribution in [1.29, 1.82) is 5.26 Å². The van der Waals surface area contributed by atoms with E-state index in [2.05, 4.69) is 6.07 Å². The Morgan fingerprint density at radius 3 is 1.95 bits per heavy atom. The summed E-state index contributed by atoms with van der Waals surface area (Å²) in [5.74, 6) is -1.17. The predicted molar refractivity (Wildman–Crippen MR) is 73.0 cm³/mol. The highest BCUT2D eigenvalue weighted by atomic mass is 19.1. The Kier molecular flexibility index (Phi) is 3.28. The molecule has 2 aliphatic rings. The Balaban J connectivity index is 1.86. The molecule has 2 saturated carbocycles. The minimum atomic E-state index is -0.673. The van der Waals surface area contributed by atoms with Gasteiger partial charge in [-0.1, -0.05) is 25.7 Å². The molecule has 2 aliphatic carbocycles. The van der Waals surface area contributed by atoms with E-state index in [4.69, 9.17) is 0 Å². The van der Waals surface area contributed by atoms with Crippen molar-refractivity contribution in [1.82, 2.24) is 0 Å². The molecule has 1 spiro atoms. The SMILES string of the molecule is N#CC1(c2cc(F)cc(F)c2)CC2(CCCCCC2)C1. The van der Waals surface area contributed by atoms with E-state index in [1.807, 2.05) is 0 Å². The van der Waals surface area contributed by atoms with Crippen LogP contribution in [0.25, 0.3) is 0 Å². The van der Waals surface area contributed by atoms with Crippen LogP contribution in [0.4, 0.5) is 8.78 Å². The van der Waals surface area contributed by atoms with Crippen molar-refractivity contribution in [3.05, 3.63) is 35.4 Å². The molecule has 0 unspecified atom stereocenters. The smallest absolute Gasteiger partial charge is 0.126 e. The largest absolute Gasteiger partial charge is 0.207 e. The average Bonchev–Trinajstić information content (AvgIpc) is 2.60. The minimum absolute atomic E-state index is 0.245. The maximum absolute atomic E-state index is 13.4. The molecule has 3 rings (SSSR count). The summed E-state index contributed by atoms with van der Waals surface area (Å²) in [5, 5.41) is 9.56. The number of benzene rings is 1. The van der Waals surface area contributed by atoms with E-state index in [-0.39, 0.29) is 5.41 Å². The van der Waals surface area contributed by atoms with Gasteiger partial charge in [0.25, 0.3) is 0 Å². The van der Waals surface area contributed by atoms with Crippen LogP contribution < -0.4 is 0 Å². The van der Waals surface area contributed by atoms with Crippen LogP contribution in [0.1, 0.15) is 56.9 Å². The van der Waals surface area contributed by atoms with Crippen molar-refractivity contribution in [2.45, 2.75) is 56.8 Å². The van der Waals surface area contributed by atoms with Gasteiger partial charge in [-0.3, -0.25) is 0 Å². The van der Waals surface area contributed by atoms with Gasteiger partial charge in [0.1, 0.15) is 11.6 Å². The number of halogens is 2. The molecule has 0 atom stereocenters. The van der Waals surface area contributed by atoms with E-state index >= 15 is 0 Å². The summed E-state index contributed by atoms with van der Waals surface area (Å²) >= 11 is 0. The van der Waals surface area contributed by atoms with E-state index in [1.54, 1.807) is 0 Å². The maximum atomic E-state index is 13.4. The monoisotopic (exact) mass is 275 g/mol. The fraction of sp³-hybridized carbons (Fsp3) is 0.588. The van der Waals surface area contributed by atoms with Gasteiger partial charge in [0, 0.05) is 6.07 Å². The zero-order valence-corrected chi connectivity index (χ0v) is 11.6. The minimum Gasteiger partial charge on any atom is -0.207 e. The van der Waals surface area contributed by atoms with Gasteiger partial charge in [-0.25, -0.2) is 8.78 Å². The Labute approximate surface area is 118 Å². The molecule has 0 bridgehead atoms. The predicted octanol–water partition coefficient (Wildman–Crippen LogP) is 4.86. The molecule has 0 N–H and O–H groups in total. The molecule has 0 heterocycles. The first-order valence-corrected chi connectivity index (χ1v) is 7.45. The Morgan fingerprint density at radius 2 is 1.45 bits per heavy atom. The molecule has 2 fully saturated rings. The third-order valence-corrected chi connectivity index (χ3v) is 5.15. The molecule has 0 aromatic heterocycles. The molecule has 1 aromatic rings. The third kappa shape index (κ3) is 2.22. The third-order valence-electron chi connectivity index (χ3n) is 5.15. The fourth-order valence-corrected chi connectivity index (χ4v) is 4.24. The van der Waals surface area contributed by atoms with Gasteiger partial charge in [0.05, 0.1) is 11.5 Å². The standard InChI is InChI=1S/C17H19F2N/c18-14-7-13(8-15(19)9-14)17(12-20)10-16(11-17)5-3-1-2-4-6-16/h7-9H,1-6,10-11H2. The Morgan fingerprint density at radius 1 is 0.900 bits per heavy atom. The molecule has 0 radical (unpaired) electrons. The zero-order valence-electron chi connectivity index (χ0n) is 11.6. The van der Waals surface area contributed by atoms with Crippen molar-refractivity contribution in [2.75, 3.05) is 0 Å². The van der Waals surface area contributed by atoms with E-state index < -0.39 is 17.0 Å². The Bertz CT molecular complexity index is 522. The lowest BCUT2D eigenvalue weighted by molar-refractivity contribution is 0.0395. The highest BCUT2D eigenvalue weighted by Crippen LogP contribution is 2.61. The number of rotatable bonds is 1. The lowest BCUT2D eigenvalue weighted by Crippen LogP contribution is -2.48. The lowest BCUT2D eigenvalue weighted by atomic mass is 9.48.